The molecule has 1 atom stereocenters. The van der Waals surface area contributed by atoms with Gasteiger partial charge in [-0.25, -0.2) is 0 Å². The van der Waals surface area contributed by atoms with Crippen LogP contribution in [0.2, 0.25) is 0 Å². The molecule has 0 amide bonds. The Hall–Kier alpha value is -1.84. The molecule has 0 spiro atoms. The minimum absolute atomic E-state index is 0. The van der Waals surface area contributed by atoms with Crippen LogP contribution in [0, 0.1) is 0 Å². The molecule has 3 nitrogen and oxygen atoms in total. The van der Waals surface area contributed by atoms with E-state index in [1.54, 1.807) is 0 Å². The zero-order valence-corrected chi connectivity index (χ0v) is 13.5. The summed E-state index contributed by atoms with van der Waals surface area (Å²) >= 11 is 0. The van der Waals surface area contributed by atoms with E-state index in [1.165, 1.54) is 5.56 Å². The molecule has 22 heavy (non-hydrogen) atoms. The standard InChI is InChI=1S/C18H21NO2.ClH/c1-2-12-21-18(20)17(19)13-14-8-10-16(11-9-14)15-6-4-3-5-7-15;/h3-11,17H,2,12-13,19H2,1H3;1H. The molecule has 1 unspecified atom stereocenters. The number of halogens is 1. The smallest absolute Gasteiger partial charge is 0.323 e. The average Bonchev–Trinajstić information content (AvgIpc) is 2.54. The van der Waals surface area contributed by atoms with Crippen molar-refractivity contribution in [2.45, 2.75) is 25.8 Å². The van der Waals surface area contributed by atoms with Gasteiger partial charge in [0.15, 0.2) is 0 Å². The van der Waals surface area contributed by atoms with E-state index in [4.69, 9.17) is 10.5 Å². The van der Waals surface area contributed by atoms with Gasteiger partial charge in [0.05, 0.1) is 6.61 Å². The summed E-state index contributed by atoms with van der Waals surface area (Å²) in [5, 5.41) is 0. The maximum Gasteiger partial charge on any atom is 0.323 e. The van der Waals surface area contributed by atoms with Crippen LogP contribution in [-0.4, -0.2) is 18.6 Å². The summed E-state index contributed by atoms with van der Waals surface area (Å²) in [4.78, 5) is 11.6. The first kappa shape index (κ1) is 18.2. The van der Waals surface area contributed by atoms with Crippen molar-refractivity contribution in [1.82, 2.24) is 0 Å². The fourth-order valence-electron chi connectivity index (χ4n) is 2.11. The van der Waals surface area contributed by atoms with Crippen molar-refractivity contribution in [1.29, 1.82) is 0 Å². The lowest BCUT2D eigenvalue weighted by molar-refractivity contribution is -0.145. The van der Waals surface area contributed by atoms with Crippen molar-refractivity contribution in [3.8, 4) is 11.1 Å². The van der Waals surface area contributed by atoms with Crippen molar-refractivity contribution in [2.24, 2.45) is 5.73 Å². The molecular weight excluding hydrogens is 298 g/mol. The van der Waals surface area contributed by atoms with Gasteiger partial charge in [-0.05, 0) is 29.5 Å². The molecule has 0 aliphatic heterocycles. The molecule has 0 saturated carbocycles. The van der Waals surface area contributed by atoms with Crippen LogP contribution in [0.4, 0.5) is 0 Å². The van der Waals surface area contributed by atoms with Crippen LogP contribution < -0.4 is 5.73 Å². The highest BCUT2D eigenvalue weighted by Crippen LogP contribution is 2.19. The van der Waals surface area contributed by atoms with Gasteiger partial charge in [0.1, 0.15) is 6.04 Å². The number of benzene rings is 2. The third-order valence-corrected chi connectivity index (χ3v) is 3.27. The van der Waals surface area contributed by atoms with E-state index in [0.29, 0.717) is 13.0 Å². The normalized spacial score (nSPS) is 11.4. The highest BCUT2D eigenvalue weighted by atomic mass is 35.5. The van der Waals surface area contributed by atoms with E-state index in [-0.39, 0.29) is 18.4 Å². The van der Waals surface area contributed by atoms with Gasteiger partial charge in [0.2, 0.25) is 0 Å². The number of hydrogen-bond donors (Lipinski definition) is 1. The summed E-state index contributed by atoms with van der Waals surface area (Å²) in [5.74, 6) is -0.330. The maximum absolute atomic E-state index is 11.6. The van der Waals surface area contributed by atoms with E-state index >= 15 is 0 Å². The van der Waals surface area contributed by atoms with Crippen LogP contribution in [0.3, 0.4) is 0 Å². The Bertz CT molecular complexity index is 569. The van der Waals surface area contributed by atoms with Crippen LogP contribution in [-0.2, 0) is 16.0 Å². The monoisotopic (exact) mass is 319 g/mol. The van der Waals surface area contributed by atoms with Crippen molar-refractivity contribution >= 4 is 18.4 Å². The molecule has 0 aliphatic rings. The van der Waals surface area contributed by atoms with Gasteiger partial charge in [-0.2, -0.15) is 0 Å². The van der Waals surface area contributed by atoms with Gasteiger partial charge in [-0.1, -0.05) is 61.5 Å². The molecule has 0 aromatic heterocycles. The number of nitrogens with two attached hydrogens (primary N) is 1. The molecular formula is C18H22ClNO2. The van der Waals surface area contributed by atoms with Gasteiger partial charge in [0.25, 0.3) is 0 Å². The Morgan fingerprint density at radius 1 is 1.05 bits per heavy atom. The molecule has 0 aliphatic carbocycles. The third-order valence-electron chi connectivity index (χ3n) is 3.27. The number of carbonyl (C=O) groups is 1. The predicted octanol–water partition coefficient (Wildman–Crippen LogP) is 3.60. The first-order valence-electron chi connectivity index (χ1n) is 7.27. The minimum atomic E-state index is -0.598. The molecule has 2 aromatic rings. The number of esters is 1. The maximum atomic E-state index is 11.6. The third kappa shape index (κ3) is 5.17. The zero-order chi connectivity index (χ0) is 15.1. The van der Waals surface area contributed by atoms with Crippen LogP contribution in [0.15, 0.2) is 54.6 Å². The fraction of sp³-hybridized carbons (Fsp3) is 0.278. The van der Waals surface area contributed by atoms with Gasteiger partial charge >= 0.3 is 5.97 Å². The Balaban J connectivity index is 0.00000242. The highest BCUT2D eigenvalue weighted by Gasteiger charge is 2.15. The van der Waals surface area contributed by atoms with E-state index in [9.17, 15) is 4.79 Å². The van der Waals surface area contributed by atoms with Crippen molar-refractivity contribution in [2.75, 3.05) is 6.61 Å². The van der Waals surface area contributed by atoms with Crippen LogP contribution in [0.1, 0.15) is 18.9 Å². The largest absolute Gasteiger partial charge is 0.465 e. The SMILES string of the molecule is CCCOC(=O)C(N)Cc1ccc(-c2ccccc2)cc1.Cl. The Kier molecular flexibility index (Phi) is 7.64. The second-order valence-electron chi connectivity index (χ2n) is 5.04. The number of hydrogen-bond acceptors (Lipinski definition) is 3. The number of ether oxygens (including phenoxy) is 1. The molecule has 2 N–H and O–H groups in total. The molecule has 0 fully saturated rings. The van der Waals surface area contributed by atoms with Gasteiger partial charge in [-0.15, -0.1) is 12.4 Å². The first-order valence-corrected chi connectivity index (χ1v) is 7.27. The van der Waals surface area contributed by atoms with E-state index in [0.717, 1.165) is 17.5 Å². The minimum Gasteiger partial charge on any atom is -0.465 e. The lowest BCUT2D eigenvalue weighted by Crippen LogP contribution is -2.34. The van der Waals surface area contributed by atoms with E-state index in [1.807, 2.05) is 37.3 Å². The molecule has 0 bridgehead atoms. The second kappa shape index (κ2) is 9.23. The van der Waals surface area contributed by atoms with E-state index < -0.39 is 6.04 Å². The summed E-state index contributed by atoms with van der Waals surface area (Å²) < 4.78 is 5.05. The van der Waals surface area contributed by atoms with Gasteiger partial charge in [0, 0.05) is 0 Å². The quantitative estimate of drug-likeness (QED) is 0.828. The summed E-state index contributed by atoms with van der Waals surface area (Å²) in [6, 6.07) is 17.7. The lowest BCUT2D eigenvalue weighted by atomic mass is 10.0. The predicted molar refractivity (Wildman–Crippen MR) is 92.1 cm³/mol. The Morgan fingerprint density at radius 3 is 2.23 bits per heavy atom. The molecule has 4 heteroatoms. The van der Waals surface area contributed by atoms with E-state index in [2.05, 4.69) is 24.3 Å². The summed E-state index contributed by atoms with van der Waals surface area (Å²) in [6.07, 6.45) is 1.31. The highest BCUT2D eigenvalue weighted by molar-refractivity contribution is 5.85. The second-order valence-corrected chi connectivity index (χ2v) is 5.04. The molecule has 0 saturated heterocycles. The summed E-state index contributed by atoms with van der Waals surface area (Å²) in [5.41, 5.74) is 9.23. The molecule has 2 aromatic carbocycles. The van der Waals surface area contributed by atoms with Crippen LogP contribution in [0.25, 0.3) is 11.1 Å². The molecule has 0 heterocycles. The first-order chi connectivity index (χ1) is 10.2. The topological polar surface area (TPSA) is 52.3 Å². The lowest BCUT2D eigenvalue weighted by Gasteiger charge is -2.11. The fourth-order valence-corrected chi connectivity index (χ4v) is 2.11. The van der Waals surface area contributed by atoms with Crippen molar-refractivity contribution in [3.05, 3.63) is 60.2 Å². The average molecular weight is 320 g/mol. The summed E-state index contributed by atoms with van der Waals surface area (Å²) in [6.45, 7) is 2.39. The molecule has 118 valence electrons. The van der Waals surface area contributed by atoms with Gasteiger partial charge < -0.3 is 10.5 Å². The van der Waals surface area contributed by atoms with Crippen molar-refractivity contribution < 1.29 is 9.53 Å². The molecule has 2 rings (SSSR count). The molecule has 0 radical (unpaired) electrons. The Morgan fingerprint density at radius 2 is 1.64 bits per heavy atom. The number of carbonyl (C=O) groups excluding carboxylic acids is 1. The van der Waals surface area contributed by atoms with Crippen molar-refractivity contribution in [3.63, 3.8) is 0 Å². The van der Waals surface area contributed by atoms with Gasteiger partial charge in [-0.3, -0.25) is 4.79 Å². The number of rotatable bonds is 6. The van der Waals surface area contributed by atoms with Crippen LogP contribution in [0.5, 0.6) is 0 Å². The van der Waals surface area contributed by atoms with Crippen LogP contribution >= 0.6 is 12.4 Å². The summed E-state index contributed by atoms with van der Waals surface area (Å²) in [7, 11) is 0. The zero-order valence-electron chi connectivity index (χ0n) is 12.7. The Labute approximate surface area is 137 Å².